The maximum absolute atomic E-state index is 6.27. The number of furan rings is 1. The van der Waals surface area contributed by atoms with Crippen LogP contribution in [0.3, 0.4) is 0 Å². The average molecular weight is 369 g/mol. The molecule has 0 bridgehead atoms. The van der Waals surface area contributed by atoms with Crippen LogP contribution in [0.15, 0.2) is 82.6 Å². The van der Waals surface area contributed by atoms with Crippen molar-refractivity contribution in [1.82, 2.24) is 0 Å². The Morgan fingerprint density at radius 1 is 0.926 bits per heavy atom. The van der Waals surface area contributed by atoms with Crippen LogP contribution in [0.4, 0.5) is 5.69 Å². The van der Waals surface area contributed by atoms with E-state index in [9.17, 15) is 0 Å². The van der Waals surface area contributed by atoms with E-state index in [1.165, 1.54) is 21.6 Å². The molecule has 2 nitrogen and oxygen atoms in total. The van der Waals surface area contributed by atoms with Crippen molar-refractivity contribution in [3.8, 4) is 10.4 Å². The second kappa shape index (κ2) is 6.29. The molecule has 27 heavy (non-hydrogen) atoms. The van der Waals surface area contributed by atoms with Crippen molar-refractivity contribution in [2.24, 2.45) is 0 Å². The van der Waals surface area contributed by atoms with E-state index in [1.807, 2.05) is 6.07 Å². The minimum Gasteiger partial charge on any atom is -0.454 e. The predicted octanol–water partition coefficient (Wildman–Crippen LogP) is 7.05. The third-order valence-corrected chi connectivity index (χ3v) is 6.17. The van der Waals surface area contributed by atoms with Crippen LogP contribution < -0.4 is 5.73 Å². The largest absolute Gasteiger partial charge is 0.454 e. The van der Waals surface area contributed by atoms with Gasteiger partial charge in [0.1, 0.15) is 5.58 Å². The predicted molar refractivity (Wildman–Crippen MR) is 115 cm³/mol. The SMILES string of the molecule is CC(c1ccccc1)c1ccc(N)c2oc3ccc(-c4cccs4)cc3c12. The summed E-state index contributed by atoms with van der Waals surface area (Å²) < 4.78 is 6.16. The molecule has 0 saturated carbocycles. The van der Waals surface area contributed by atoms with E-state index >= 15 is 0 Å². The van der Waals surface area contributed by atoms with E-state index in [-0.39, 0.29) is 5.92 Å². The molecule has 1 unspecified atom stereocenters. The van der Waals surface area contributed by atoms with Crippen LogP contribution in [0.5, 0.6) is 0 Å². The summed E-state index contributed by atoms with van der Waals surface area (Å²) in [7, 11) is 0. The Morgan fingerprint density at radius 2 is 1.78 bits per heavy atom. The number of nitrogens with two attached hydrogens (primary N) is 1. The Balaban J connectivity index is 1.79. The molecule has 0 fully saturated rings. The third-order valence-electron chi connectivity index (χ3n) is 5.25. The Kier molecular flexibility index (Phi) is 3.76. The van der Waals surface area contributed by atoms with Crippen molar-refractivity contribution < 1.29 is 4.42 Å². The highest BCUT2D eigenvalue weighted by atomic mass is 32.1. The fraction of sp³-hybridized carbons (Fsp3) is 0.0833. The molecule has 0 amide bonds. The number of benzene rings is 3. The molecule has 2 N–H and O–H groups in total. The van der Waals surface area contributed by atoms with Crippen LogP contribution in [0, 0.1) is 0 Å². The van der Waals surface area contributed by atoms with Gasteiger partial charge in [0.2, 0.25) is 0 Å². The summed E-state index contributed by atoms with van der Waals surface area (Å²) in [4.78, 5) is 1.26. The van der Waals surface area contributed by atoms with Crippen LogP contribution in [-0.4, -0.2) is 0 Å². The zero-order valence-corrected chi connectivity index (χ0v) is 15.8. The fourth-order valence-electron chi connectivity index (χ4n) is 3.80. The number of nitrogen functional groups attached to an aromatic ring is 1. The minimum absolute atomic E-state index is 0.250. The van der Waals surface area contributed by atoms with Crippen LogP contribution in [0.1, 0.15) is 24.0 Å². The number of rotatable bonds is 3. The molecule has 2 heterocycles. The molecule has 2 aromatic heterocycles. The molecule has 0 aliphatic rings. The van der Waals surface area contributed by atoms with Gasteiger partial charge in [0.05, 0.1) is 5.69 Å². The number of thiophene rings is 1. The summed E-state index contributed by atoms with van der Waals surface area (Å²) >= 11 is 1.75. The molecule has 5 aromatic rings. The highest BCUT2D eigenvalue weighted by Crippen LogP contribution is 2.41. The van der Waals surface area contributed by atoms with Gasteiger partial charge in [-0.05, 0) is 52.4 Å². The van der Waals surface area contributed by atoms with E-state index in [4.69, 9.17) is 10.2 Å². The highest BCUT2D eigenvalue weighted by Gasteiger charge is 2.19. The van der Waals surface area contributed by atoms with Gasteiger partial charge in [-0.25, -0.2) is 0 Å². The van der Waals surface area contributed by atoms with Crippen LogP contribution in [0.2, 0.25) is 0 Å². The number of hydrogen-bond acceptors (Lipinski definition) is 3. The van der Waals surface area contributed by atoms with Gasteiger partial charge < -0.3 is 10.2 Å². The van der Waals surface area contributed by atoms with Gasteiger partial charge in [-0.3, -0.25) is 0 Å². The van der Waals surface area contributed by atoms with Crippen molar-refractivity contribution >= 4 is 39.0 Å². The van der Waals surface area contributed by atoms with Crippen molar-refractivity contribution in [1.29, 1.82) is 0 Å². The zero-order chi connectivity index (χ0) is 18.4. The zero-order valence-electron chi connectivity index (χ0n) is 15.0. The lowest BCUT2D eigenvalue weighted by Crippen LogP contribution is -1.98. The van der Waals surface area contributed by atoms with E-state index in [0.717, 1.165) is 21.9 Å². The molecule has 1 atom stereocenters. The molecule has 3 aromatic carbocycles. The molecule has 0 radical (unpaired) electrons. The first kappa shape index (κ1) is 16.2. The lowest BCUT2D eigenvalue weighted by molar-refractivity contribution is 0.670. The van der Waals surface area contributed by atoms with E-state index in [1.54, 1.807) is 11.3 Å². The number of anilines is 1. The molecule has 132 valence electrons. The fourth-order valence-corrected chi connectivity index (χ4v) is 4.53. The van der Waals surface area contributed by atoms with Gasteiger partial charge in [0, 0.05) is 21.6 Å². The first-order valence-electron chi connectivity index (χ1n) is 9.06. The van der Waals surface area contributed by atoms with Gasteiger partial charge in [-0.15, -0.1) is 11.3 Å². The summed E-state index contributed by atoms with van der Waals surface area (Å²) in [5.41, 5.74) is 12.4. The van der Waals surface area contributed by atoms with Crippen molar-refractivity contribution in [2.45, 2.75) is 12.8 Å². The quantitative estimate of drug-likeness (QED) is 0.346. The maximum atomic E-state index is 6.27. The summed E-state index contributed by atoms with van der Waals surface area (Å²) in [6.45, 7) is 2.24. The normalized spacial score (nSPS) is 12.6. The smallest absolute Gasteiger partial charge is 0.158 e. The molecule has 0 aliphatic carbocycles. The lowest BCUT2D eigenvalue weighted by atomic mass is 9.89. The van der Waals surface area contributed by atoms with Gasteiger partial charge in [-0.1, -0.05) is 49.4 Å². The first-order valence-corrected chi connectivity index (χ1v) is 9.94. The van der Waals surface area contributed by atoms with Gasteiger partial charge >= 0.3 is 0 Å². The standard InChI is InChI=1S/C24H19NOS/c1-15(16-6-3-2-4-7-16)18-10-11-20(25)24-23(18)19-14-17(9-12-21(19)26-24)22-8-5-13-27-22/h2-15H,25H2,1H3. The second-order valence-electron chi connectivity index (χ2n) is 6.87. The summed E-state index contributed by atoms with van der Waals surface area (Å²) in [5, 5.41) is 4.36. The highest BCUT2D eigenvalue weighted by molar-refractivity contribution is 7.13. The Bertz CT molecular complexity index is 1240. The maximum Gasteiger partial charge on any atom is 0.158 e. The van der Waals surface area contributed by atoms with Crippen molar-refractivity contribution in [3.63, 3.8) is 0 Å². The Labute approximate surface area is 161 Å². The van der Waals surface area contributed by atoms with Gasteiger partial charge in [0.25, 0.3) is 0 Å². The molecule has 0 saturated heterocycles. The van der Waals surface area contributed by atoms with E-state index < -0.39 is 0 Å². The minimum atomic E-state index is 0.250. The van der Waals surface area contributed by atoms with Crippen molar-refractivity contribution in [3.05, 3.63) is 89.3 Å². The summed E-state index contributed by atoms with van der Waals surface area (Å²) in [6.07, 6.45) is 0. The van der Waals surface area contributed by atoms with E-state index in [0.29, 0.717) is 5.69 Å². The van der Waals surface area contributed by atoms with Crippen LogP contribution in [-0.2, 0) is 0 Å². The summed E-state index contributed by atoms with van der Waals surface area (Å²) in [6, 6.07) is 25.3. The molecule has 0 spiro atoms. The van der Waals surface area contributed by atoms with Gasteiger partial charge in [-0.2, -0.15) is 0 Å². The lowest BCUT2D eigenvalue weighted by Gasteiger charge is -2.14. The number of fused-ring (bicyclic) bond motifs is 3. The van der Waals surface area contributed by atoms with Crippen LogP contribution in [0.25, 0.3) is 32.4 Å². The second-order valence-corrected chi connectivity index (χ2v) is 7.82. The monoisotopic (exact) mass is 369 g/mol. The average Bonchev–Trinajstić information content (AvgIpc) is 3.37. The van der Waals surface area contributed by atoms with Crippen LogP contribution >= 0.6 is 11.3 Å². The van der Waals surface area contributed by atoms with E-state index in [2.05, 4.69) is 79.0 Å². The Hall–Kier alpha value is -3.04. The molecular weight excluding hydrogens is 350 g/mol. The molecule has 0 aliphatic heterocycles. The van der Waals surface area contributed by atoms with Crippen molar-refractivity contribution in [2.75, 3.05) is 5.73 Å². The molecule has 5 rings (SSSR count). The molecule has 3 heteroatoms. The Morgan fingerprint density at radius 3 is 2.56 bits per heavy atom. The summed E-state index contributed by atoms with van der Waals surface area (Å²) in [5.74, 6) is 0.250. The third kappa shape index (κ3) is 2.63. The molecular formula is C24H19NOS. The van der Waals surface area contributed by atoms with Gasteiger partial charge in [0.15, 0.2) is 5.58 Å². The number of hydrogen-bond donors (Lipinski definition) is 1. The first-order chi connectivity index (χ1) is 13.2. The topological polar surface area (TPSA) is 39.2 Å².